The molecule has 2 aromatic carbocycles. The lowest BCUT2D eigenvalue weighted by Gasteiger charge is -2.10. The van der Waals surface area contributed by atoms with Gasteiger partial charge in [-0.25, -0.2) is 9.78 Å². The van der Waals surface area contributed by atoms with Crippen molar-refractivity contribution in [2.24, 2.45) is 0 Å². The molecule has 2 aromatic heterocycles. The molecule has 0 aliphatic rings. The average molecular weight is 424 g/mol. The first-order chi connectivity index (χ1) is 14.4. The number of aromatic nitrogens is 3. The van der Waals surface area contributed by atoms with Crippen LogP contribution in [0.4, 0.5) is 0 Å². The summed E-state index contributed by atoms with van der Waals surface area (Å²) in [5.41, 5.74) is 3.76. The van der Waals surface area contributed by atoms with Gasteiger partial charge in [-0.2, -0.15) is 5.10 Å². The zero-order chi connectivity index (χ0) is 21.4. The highest BCUT2D eigenvalue weighted by Gasteiger charge is 2.21. The number of H-pyrrole nitrogens is 1. The van der Waals surface area contributed by atoms with Gasteiger partial charge >= 0.3 is 5.97 Å². The monoisotopic (exact) mass is 423 g/mol. The zero-order valence-electron chi connectivity index (χ0n) is 16.2. The fourth-order valence-corrected chi connectivity index (χ4v) is 3.54. The molecule has 7 nitrogen and oxygen atoms in total. The molecule has 3 N–H and O–H groups in total. The highest BCUT2D eigenvalue weighted by molar-refractivity contribution is 6.32. The van der Waals surface area contributed by atoms with Gasteiger partial charge in [-0.05, 0) is 30.2 Å². The summed E-state index contributed by atoms with van der Waals surface area (Å²) in [5, 5.41) is 27.5. The van der Waals surface area contributed by atoms with E-state index >= 15 is 0 Å². The van der Waals surface area contributed by atoms with Crippen LogP contribution >= 0.6 is 11.6 Å². The number of phenols is 1. The molecule has 0 bridgehead atoms. The van der Waals surface area contributed by atoms with Crippen molar-refractivity contribution in [1.82, 2.24) is 15.2 Å². The smallest absolute Gasteiger partial charge is 0.336 e. The summed E-state index contributed by atoms with van der Waals surface area (Å²) < 4.78 is 5.13. The molecule has 4 aromatic rings. The first kappa shape index (κ1) is 19.7. The summed E-state index contributed by atoms with van der Waals surface area (Å²) in [5.74, 6) is -1.14. The van der Waals surface area contributed by atoms with Crippen LogP contribution < -0.4 is 4.74 Å². The minimum absolute atomic E-state index is 0.0569. The number of nitrogens with zero attached hydrogens (tertiary/aromatic N) is 2. The second-order valence-corrected chi connectivity index (χ2v) is 7.12. The van der Waals surface area contributed by atoms with Crippen molar-refractivity contribution in [2.75, 3.05) is 7.11 Å². The quantitative estimate of drug-likeness (QED) is 0.420. The summed E-state index contributed by atoms with van der Waals surface area (Å²) in [4.78, 5) is 16.6. The fourth-order valence-electron chi connectivity index (χ4n) is 3.33. The van der Waals surface area contributed by atoms with Gasteiger partial charge in [-0.3, -0.25) is 5.10 Å². The number of phenolic OH excluding ortho intramolecular Hbond substituents is 1. The standard InChI is InChI=1S/C22H18ClN3O4/c1-3-11-4-6-12(7-5-11)19-18-14(22(28)29)10-16(24-21(18)26-25-19)13-8-15(23)20(27)17(9-13)30-2/h4-10,27H,3H2,1-2H3,(H,28,29)(H,24,25,26). The molecule has 2 heterocycles. The van der Waals surface area contributed by atoms with E-state index in [0.29, 0.717) is 22.3 Å². The molecular formula is C22H18ClN3O4. The number of pyridine rings is 1. The van der Waals surface area contributed by atoms with Gasteiger partial charge in [-0.1, -0.05) is 42.8 Å². The molecule has 0 radical (unpaired) electrons. The lowest BCUT2D eigenvalue weighted by Crippen LogP contribution is -2.00. The predicted molar refractivity (Wildman–Crippen MR) is 114 cm³/mol. The highest BCUT2D eigenvalue weighted by atomic mass is 35.5. The summed E-state index contributed by atoms with van der Waals surface area (Å²) in [7, 11) is 1.40. The first-order valence-corrected chi connectivity index (χ1v) is 9.59. The molecule has 0 atom stereocenters. The largest absolute Gasteiger partial charge is 0.503 e. The van der Waals surface area contributed by atoms with Gasteiger partial charge in [0, 0.05) is 11.1 Å². The number of aromatic amines is 1. The number of carbonyl (C=O) groups is 1. The van der Waals surface area contributed by atoms with E-state index in [1.807, 2.05) is 24.3 Å². The van der Waals surface area contributed by atoms with Crippen LogP contribution in [0.3, 0.4) is 0 Å². The molecule has 0 saturated carbocycles. The van der Waals surface area contributed by atoms with Crippen molar-refractivity contribution in [1.29, 1.82) is 0 Å². The van der Waals surface area contributed by atoms with Crippen molar-refractivity contribution in [3.8, 4) is 34.0 Å². The van der Waals surface area contributed by atoms with E-state index in [-0.39, 0.29) is 27.7 Å². The highest BCUT2D eigenvalue weighted by Crippen LogP contribution is 2.39. The van der Waals surface area contributed by atoms with E-state index in [9.17, 15) is 15.0 Å². The number of rotatable bonds is 5. The molecule has 0 aliphatic heterocycles. The maximum absolute atomic E-state index is 12.1. The van der Waals surface area contributed by atoms with E-state index in [4.69, 9.17) is 16.3 Å². The number of aryl methyl sites for hydroxylation is 1. The number of methoxy groups -OCH3 is 1. The van der Waals surface area contributed by atoms with E-state index < -0.39 is 5.97 Å². The van der Waals surface area contributed by atoms with Gasteiger partial charge in [-0.15, -0.1) is 0 Å². The number of benzene rings is 2. The topological polar surface area (TPSA) is 108 Å². The van der Waals surface area contributed by atoms with Crippen LogP contribution in [0.5, 0.6) is 11.5 Å². The van der Waals surface area contributed by atoms with Crippen LogP contribution in [-0.2, 0) is 6.42 Å². The lowest BCUT2D eigenvalue weighted by molar-refractivity contribution is 0.0699. The Bertz CT molecular complexity index is 1270. The molecule has 0 aliphatic carbocycles. The Kier molecular flexibility index (Phi) is 5.05. The van der Waals surface area contributed by atoms with Gasteiger partial charge in [0.2, 0.25) is 0 Å². The molecular weight excluding hydrogens is 406 g/mol. The van der Waals surface area contributed by atoms with Gasteiger partial charge in [0.15, 0.2) is 17.1 Å². The Morgan fingerprint density at radius 2 is 1.90 bits per heavy atom. The summed E-state index contributed by atoms with van der Waals surface area (Å²) in [6.07, 6.45) is 0.911. The maximum Gasteiger partial charge on any atom is 0.336 e. The maximum atomic E-state index is 12.1. The Hall–Kier alpha value is -3.58. The number of aromatic carboxylic acids is 1. The summed E-state index contributed by atoms with van der Waals surface area (Å²) in [6, 6.07) is 12.3. The molecule has 0 spiro atoms. The van der Waals surface area contributed by atoms with E-state index in [1.54, 1.807) is 0 Å². The molecule has 4 rings (SSSR count). The number of hydrogen-bond donors (Lipinski definition) is 3. The molecule has 152 valence electrons. The van der Waals surface area contributed by atoms with Crippen molar-refractivity contribution < 1.29 is 19.7 Å². The molecule has 0 saturated heterocycles. The minimum Gasteiger partial charge on any atom is -0.503 e. The van der Waals surface area contributed by atoms with Crippen LogP contribution in [0.1, 0.15) is 22.8 Å². The van der Waals surface area contributed by atoms with Gasteiger partial charge in [0.25, 0.3) is 0 Å². The Balaban J connectivity index is 1.92. The number of carboxylic acids is 1. The third-order valence-corrected chi connectivity index (χ3v) is 5.24. The second-order valence-electron chi connectivity index (χ2n) is 6.72. The normalized spacial score (nSPS) is 11.0. The first-order valence-electron chi connectivity index (χ1n) is 9.21. The summed E-state index contributed by atoms with van der Waals surface area (Å²) in [6.45, 7) is 2.07. The Labute approximate surface area is 176 Å². The molecule has 30 heavy (non-hydrogen) atoms. The molecule has 0 amide bonds. The number of fused-ring (bicyclic) bond motifs is 1. The summed E-state index contributed by atoms with van der Waals surface area (Å²) >= 11 is 6.08. The fraction of sp³-hybridized carbons (Fsp3) is 0.136. The van der Waals surface area contributed by atoms with Crippen LogP contribution in [0.15, 0.2) is 42.5 Å². The van der Waals surface area contributed by atoms with E-state index in [0.717, 1.165) is 12.0 Å². The van der Waals surface area contributed by atoms with Gasteiger partial charge in [0.05, 0.1) is 34.5 Å². The number of hydrogen-bond acceptors (Lipinski definition) is 5. The molecule has 0 fully saturated rings. The van der Waals surface area contributed by atoms with E-state index in [1.165, 1.54) is 30.9 Å². The van der Waals surface area contributed by atoms with Crippen molar-refractivity contribution in [3.05, 3.63) is 58.6 Å². The molecule has 0 unspecified atom stereocenters. The average Bonchev–Trinajstić information content (AvgIpc) is 3.18. The number of halogens is 1. The molecule has 8 heteroatoms. The second kappa shape index (κ2) is 7.68. The zero-order valence-corrected chi connectivity index (χ0v) is 17.0. The van der Waals surface area contributed by atoms with Gasteiger partial charge in [0.1, 0.15) is 0 Å². The third-order valence-electron chi connectivity index (χ3n) is 4.95. The third kappa shape index (κ3) is 3.33. The number of ether oxygens (including phenoxy) is 1. The Morgan fingerprint density at radius 3 is 2.53 bits per heavy atom. The van der Waals surface area contributed by atoms with Crippen LogP contribution in [0, 0.1) is 0 Å². The van der Waals surface area contributed by atoms with Crippen molar-refractivity contribution >= 4 is 28.6 Å². The van der Waals surface area contributed by atoms with Gasteiger partial charge < -0.3 is 14.9 Å². The lowest BCUT2D eigenvalue weighted by atomic mass is 10.0. The number of nitrogens with one attached hydrogen (secondary N) is 1. The van der Waals surface area contributed by atoms with E-state index in [2.05, 4.69) is 22.1 Å². The van der Waals surface area contributed by atoms with Crippen LogP contribution in [0.25, 0.3) is 33.5 Å². The Morgan fingerprint density at radius 1 is 1.17 bits per heavy atom. The van der Waals surface area contributed by atoms with Crippen molar-refractivity contribution in [3.63, 3.8) is 0 Å². The minimum atomic E-state index is -1.10. The van der Waals surface area contributed by atoms with Crippen LogP contribution in [0.2, 0.25) is 5.02 Å². The number of carboxylic acid groups (broad SMARTS) is 1. The predicted octanol–water partition coefficient (Wildman–Crippen LogP) is 4.92. The SMILES string of the molecule is CCc1ccc(-c2[nH]nc3nc(-c4cc(Cl)c(O)c(OC)c4)cc(C(=O)O)c23)cc1. The number of aromatic hydroxyl groups is 1. The van der Waals surface area contributed by atoms with Crippen molar-refractivity contribution in [2.45, 2.75) is 13.3 Å². The van der Waals surface area contributed by atoms with Crippen LogP contribution in [-0.4, -0.2) is 38.5 Å².